The number of aliphatic hydroxyl groups is 1. The molecule has 27 heavy (non-hydrogen) atoms. The Morgan fingerprint density at radius 3 is 2.56 bits per heavy atom. The standard InChI is InChI=1S/C20H23N3O4/c24-13-18-17(23-20(26)14-8-10-21-11-9-14)7-6-16(27-18)12-19(25)22-15-4-2-1-3-5-15/h1-5,8-11,16-18,24H,6-7,12-13H2,(H,22,25)(H,23,26)/t16-,17-,18+/m0/s1. The Bertz CT molecular complexity index is 754. The molecule has 7 nitrogen and oxygen atoms in total. The van der Waals surface area contributed by atoms with E-state index in [9.17, 15) is 14.7 Å². The van der Waals surface area contributed by atoms with E-state index in [-0.39, 0.29) is 37.0 Å². The summed E-state index contributed by atoms with van der Waals surface area (Å²) < 4.78 is 5.86. The lowest BCUT2D eigenvalue weighted by molar-refractivity contribution is -0.126. The van der Waals surface area contributed by atoms with Crippen LogP contribution in [0.4, 0.5) is 5.69 Å². The Labute approximate surface area is 157 Å². The molecule has 7 heteroatoms. The van der Waals surface area contributed by atoms with Gasteiger partial charge in [-0.3, -0.25) is 14.6 Å². The number of aromatic nitrogens is 1. The fraction of sp³-hybridized carbons (Fsp3) is 0.350. The number of amides is 2. The third-order valence-electron chi connectivity index (χ3n) is 4.53. The lowest BCUT2D eigenvalue weighted by atomic mass is 9.96. The summed E-state index contributed by atoms with van der Waals surface area (Å²) in [6.45, 7) is -0.224. The molecular formula is C20H23N3O4. The second kappa shape index (κ2) is 9.25. The summed E-state index contributed by atoms with van der Waals surface area (Å²) in [6, 6.07) is 12.2. The number of ether oxygens (including phenoxy) is 1. The maximum Gasteiger partial charge on any atom is 0.251 e. The monoisotopic (exact) mass is 369 g/mol. The molecule has 0 spiro atoms. The first-order valence-corrected chi connectivity index (χ1v) is 8.98. The average molecular weight is 369 g/mol. The number of carbonyl (C=O) groups excluding carboxylic acids is 2. The van der Waals surface area contributed by atoms with Crippen LogP contribution < -0.4 is 10.6 Å². The van der Waals surface area contributed by atoms with Crippen molar-refractivity contribution in [2.24, 2.45) is 0 Å². The van der Waals surface area contributed by atoms with Crippen LogP contribution in [0.15, 0.2) is 54.9 Å². The Morgan fingerprint density at radius 2 is 1.85 bits per heavy atom. The van der Waals surface area contributed by atoms with Crippen molar-refractivity contribution >= 4 is 17.5 Å². The minimum atomic E-state index is -0.543. The summed E-state index contributed by atoms with van der Waals surface area (Å²) in [5.41, 5.74) is 1.24. The van der Waals surface area contributed by atoms with Crippen LogP contribution >= 0.6 is 0 Å². The number of aliphatic hydroxyl groups excluding tert-OH is 1. The molecule has 2 heterocycles. The van der Waals surface area contributed by atoms with Crippen LogP contribution in [-0.2, 0) is 9.53 Å². The normalized spacial score (nSPS) is 22.0. The van der Waals surface area contributed by atoms with Crippen molar-refractivity contribution < 1.29 is 19.4 Å². The van der Waals surface area contributed by atoms with Gasteiger partial charge in [0, 0.05) is 23.6 Å². The molecule has 1 aromatic heterocycles. The maximum atomic E-state index is 12.3. The number of anilines is 1. The molecule has 0 radical (unpaired) electrons. The summed E-state index contributed by atoms with van der Waals surface area (Å²) in [7, 11) is 0. The molecule has 0 unspecified atom stereocenters. The zero-order valence-electron chi connectivity index (χ0n) is 14.9. The van der Waals surface area contributed by atoms with Crippen molar-refractivity contribution in [1.29, 1.82) is 0 Å². The fourth-order valence-corrected chi connectivity index (χ4v) is 3.14. The third kappa shape index (κ3) is 5.35. The highest BCUT2D eigenvalue weighted by Gasteiger charge is 2.33. The first-order valence-electron chi connectivity index (χ1n) is 8.98. The zero-order valence-corrected chi connectivity index (χ0v) is 14.9. The minimum absolute atomic E-state index is 0.137. The number of rotatable bonds is 6. The van der Waals surface area contributed by atoms with Crippen LogP contribution in [0.1, 0.15) is 29.6 Å². The highest BCUT2D eigenvalue weighted by molar-refractivity contribution is 5.94. The Morgan fingerprint density at radius 1 is 1.11 bits per heavy atom. The summed E-state index contributed by atoms with van der Waals surface area (Å²) in [5, 5.41) is 15.4. The van der Waals surface area contributed by atoms with Gasteiger partial charge in [0.1, 0.15) is 6.10 Å². The molecule has 0 saturated carbocycles. The van der Waals surface area contributed by atoms with Gasteiger partial charge in [-0.25, -0.2) is 0 Å². The number of hydrogen-bond donors (Lipinski definition) is 3. The van der Waals surface area contributed by atoms with E-state index in [4.69, 9.17) is 4.74 Å². The Balaban J connectivity index is 1.51. The lowest BCUT2D eigenvalue weighted by Gasteiger charge is -2.36. The number of hydrogen-bond acceptors (Lipinski definition) is 5. The largest absolute Gasteiger partial charge is 0.394 e. The molecule has 2 aromatic rings. The zero-order chi connectivity index (χ0) is 19.1. The molecule has 3 rings (SSSR count). The molecule has 0 bridgehead atoms. The molecule has 3 atom stereocenters. The Hall–Kier alpha value is -2.77. The highest BCUT2D eigenvalue weighted by Crippen LogP contribution is 2.23. The molecule has 0 aliphatic carbocycles. The van der Waals surface area contributed by atoms with Crippen molar-refractivity contribution in [1.82, 2.24) is 10.3 Å². The first kappa shape index (κ1) is 19.0. The van der Waals surface area contributed by atoms with E-state index in [0.717, 1.165) is 5.69 Å². The second-order valence-corrected chi connectivity index (χ2v) is 6.49. The van der Waals surface area contributed by atoms with Gasteiger partial charge in [-0.2, -0.15) is 0 Å². The third-order valence-corrected chi connectivity index (χ3v) is 4.53. The van der Waals surface area contributed by atoms with E-state index < -0.39 is 6.10 Å². The van der Waals surface area contributed by atoms with Gasteiger partial charge in [-0.1, -0.05) is 18.2 Å². The minimum Gasteiger partial charge on any atom is -0.394 e. The van der Waals surface area contributed by atoms with Gasteiger partial charge < -0.3 is 20.5 Å². The number of nitrogens with one attached hydrogen (secondary N) is 2. The van der Waals surface area contributed by atoms with Gasteiger partial charge in [0.2, 0.25) is 5.91 Å². The van der Waals surface area contributed by atoms with Gasteiger partial charge in [0.15, 0.2) is 0 Å². The number of carbonyl (C=O) groups is 2. The molecule has 1 aromatic carbocycles. The lowest BCUT2D eigenvalue weighted by Crippen LogP contribution is -2.51. The molecule has 1 aliphatic rings. The SMILES string of the molecule is O=C(C[C@@H]1CC[C@H](NC(=O)c2ccncc2)[C@@H](CO)O1)Nc1ccccc1. The van der Waals surface area contributed by atoms with E-state index in [1.54, 1.807) is 24.5 Å². The van der Waals surface area contributed by atoms with Crippen molar-refractivity contribution in [2.75, 3.05) is 11.9 Å². The van der Waals surface area contributed by atoms with Gasteiger partial charge in [-0.15, -0.1) is 0 Å². The van der Waals surface area contributed by atoms with Gasteiger partial charge >= 0.3 is 0 Å². The van der Waals surface area contributed by atoms with E-state index >= 15 is 0 Å². The summed E-state index contributed by atoms with van der Waals surface area (Å²) >= 11 is 0. The van der Waals surface area contributed by atoms with Crippen molar-refractivity contribution in [3.05, 3.63) is 60.4 Å². The quantitative estimate of drug-likeness (QED) is 0.720. The van der Waals surface area contributed by atoms with Crippen molar-refractivity contribution in [3.63, 3.8) is 0 Å². The van der Waals surface area contributed by atoms with E-state index in [1.807, 2.05) is 30.3 Å². The van der Waals surface area contributed by atoms with Crippen LogP contribution in [0.5, 0.6) is 0 Å². The predicted octanol–water partition coefficient (Wildman–Crippen LogP) is 1.75. The van der Waals surface area contributed by atoms with Crippen molar-refractivity contribution in [2.45, 2.75) is 37.5 Å². The summed E-state index contributed by atoms with van der Waals surface area (Å²) in [4.78, 5) is 28.4. The molecule has 142 valence electrons. The average Bonchev–Trinajstić information content (AvgIpc) is 2.70. The van der Waals surface area contributed by atoms with Crippen LogP contribution in [0.2, 0.25) is 0 Å². The number of benzene rings is 1. The van der Waals surface area contributed by atoms with Crippen LogP contribution in [-0.4, -0.2) is 46.8 Å². The topological polar surface area (TPSA) is 101 Å². The summed E-state index contributed by atoms with van der Waals surface area (Å²) in [5.74, 6) is -0.369. The van der Waals surface area contributed by atoms with Crippen LogP contribution in [0.25, 0.3) is 0 Å². The second-order valence-electron chi connectivity index (χ2n) is 6.49. The molecule has 1 saturated heterocycles. The summed E-state index contributed by atoms with van der Waals surface area (Å²) in [6.07, 6.45) is 3.73. The molecular weight excluding hydrogens is 346 g/mol. The van der Waals surface area contributed by atoms with Crippen molar-refractivity contribution in [3.8, 4) is 0 Å². The molecule has 2 amide bonds. The predicted molar refractivity (Wildman–Crippen MR) is 100 cm³/mol. The van der Waals surface area contributed by atoms with Gasteiger partial charge in [-0.05, 0) is 37.1 Å². The smallest absolute Gasteiger partial charge is 0.251 e. The van der Waals surface area contributed by atoms with Crippen LogP contribution in [0, 0.1) is 0 Å². The van der Waals surface area contributed by atoms with Crippen LogP contribution in [0.3, 0.4) is 0 Å². The fourth-order valence-electron chi connectivity index (χ4n) is 3.14. The number of nitrogens with zero attached hydrogens (tertiary/aromatic N) is 1. The molecule has 1 fully saturated rings. The van der Waals surface area contributed by atoms with E-state index in [1.165, 1.54) is 0 Å². The molecule has 1 aliphatic heterocycles. The first-order chi connectivity index (χ1) is 13.2. The number of pyridine rings is 1. The van der Waals surface area contributed by atoms with Gasteiger partial charge in [0.25, 0.3) is 5.91 Å². The van der Waals surface area contributed by atoms with E-state index in [0.29, 0.717) is 18.4 Å². The highest BCUT2D eigenvalue weighted by atomic mass is 16.5. The van der Waals surface area contributed by atoms with E-state index in [2.05, 4.69) is 15.6 Å². The Kier molecular flexibility index (Phi) is 6.51. The van der Waals surface area contributed by atoms with Gasteiger partial charge in [0.05, 0.1) is 25.2 Å². The maximum absolute atomic E-state index is 12.3. The number of para-hydroxylation sites is 1. The molecule has 3 N–H and O–H groups in total.